The summed E-state index contributed by atoms with van der Waals surface area (Å²) in [6, 6.07) is 7.15. The molecule has 1 aliphatic rings. The molecular formula is C14H19N3O2. The zero-order valence-corrected chi connectivity index (χ0v) is 11.1. The van der Waals surface area contributed by atoms with Crippen molar-refractivity contribution in [3.8, 4) is 0 Å². The van der Waals surface area contributed by atoms with Gasteiger partial charge in [-0.1, -0.05) is 17.7 Å². The summed E-state index contributed by atoms with van der Waals surface area (Å²) >= 11 is 0. The molecule has 102 valence electrons. The number of rotatable bonds is 3. The van der Waals surface area contributed by atoms with Crippen molar-refractivity contribution in [2.45, 2.75) is 19.8 Å². The first-order chi connectivity index (χ1) is 9.15. The second-order valence-corrected chi connectivity index (χ2v) is 4.76. The Morgan fingerprint density at radius 1 is 1.16 bits per heavy atom. The molecule has 1 aromatic carbocycles. The fourth-order valence-electron chi connectivity index (χ4n) is 2.05. The zero-order chi connectivity index (χ0) is 13.7. The molecule has 5 heteroatoms. The number of nitrogens with one attached hydrogen (secondary N) is 2. The first-order valence-electron chi connectivity index (χ1n) is 6.54. The Morgan fingerprint density at radius 3 is 2.42 bits per heavy atom. The van der Waals surface area contributed by atoms with Crippen molar-refractivity contribution >= 4 is 17.6 Å². The van der Waals surface area contributed by atoms with Crippen LogP contribution in [0.2, 0.25) is 0 Å². The molecule has 3 amide bonds. The molecule has 1 aromatic rings. The van der Waals surface area contributed by atoms with Gasteiger partial charge in [0.15, 0.2) is 0 Å². The fraction of sp³-hybridized carbons (Fsp3) is 0.429. The number of hydrogen-bond acceptors (Lipinski definition) is 2. The van der Waals surface area contributed by atoms with Crippen molar-refractivity contribution in [1.82, 2.24) is 10.2 Å². The molecule has 1 saturated heterocycles. The normalized spacial score (nSPS) is 14.3. The Bertz CT molecular complexity index is 450. The van der Waals surface area contributed by atoms with Crippen molar-refractivity contribution in [1.29, 1.82) is 0 Å². The second-order valence-electron chi connectivity index (χ2n) is 4.76. The molecule has 0 spiro atoms. The molecule has 0 saturated carbocycles. The predicted molar refractivity (Wildman–Crippen MR) is 74.0 cm³/mol. The first kappa shape index (κ1) is 13.4. The largest absolute Gasteiger partial charge is 0.341 e. The Kier molecular flexibility index (Phi) is 4.39. The third kappa shape index (κ3) is 3.98. The highest BCUT2D eigenvalue weighted by molar-refractivity contribution is 5.92. The third-order valence-electron chi connectivity index (χ3n) is 3.17. The summed E-state index contributed by atoms with van der Waals surface area (Å²) in [6.07, 6.45) is 2.11. The van der Waals surface area contributed by atoms with E-state index in [2.05, 4.69) is 10.6 Å². The van der Waals surface area contributed by atoms with E-state index in [1.807, 2.05) is 31.2 Å². The van der Waals surface area contributed by atoms with Crippen LogP contribution in [0.5, 0.6) is 0 Å². The Hall–Kier alpha value is -2.04. The van der Waals surface area contributed by atoms with Crippen LogP contribution >= 0.6 is 0 Å². The number of aryl methyl sites for hydroxylation is 1. The summed E-state index contributed by atoms with van der Waals surface area (Å²) in [6.45, 7) is 3.65. The van der Waals surface area contributed by atoms with Crippen molar-refractivity contribution in [3.05, 3.63) is 29.8 Å². The summed E-state index contributed by atoms with van der Waals surface area (Å²) in [5.41, 5.74) is 1.85. The van der Waals surface area contributed by atoms with Crippen molar-refractivity contribution in [3.63, 3.8) is 0 Å². The number of benzene rings is 1. The van der Waals surface area contributed by atoms with Gasteiger partial charge in [0.05, 0.1) is 6.54 Å². The van der Waals surface area contributed by atoms with Gasteiger partial charge in [0.1, 0.15) is 0 Å². The molecule has 5 nitrogen and oxygen atoms in total. The van der Waals surface area contributed by atoms with E-state index in [9.17, 15) is 9.59 Å². The van der Waals surface area contributed by atoms with Crippen LogP contribution in [-0.2, 0) is 4.79 Å². The summed E-state index contributed by atoms with van der Waals surface area (Å²) in [7, 11) is 0. The molecule has 1 heterocycles. The van der Waals surface area contributed by atoms with Gasteiger partial charge in [0.25, 0.3) is 0 Å². The number of hydrogen-bond donors (Lipinski definition) is 2. The molecule has 1 fully saturated rings. The van der Waals surface area contributed by atoms with E-state index in [4.69, 9.17) is 0 Å². The van der Waals surface area contributed by atoms with Crippen LogP contribution in [0, 0.1) is 6.92 Å². The minimum Gasteiger partial charge on any atom is -0.341 e. The average molecular weight is 261 g/mol. The molecule has 0 aliphatic carbocycles. The third-order valence-corrected chi connectivity index (χ3v) is 3.17. The summed E-state index contributed by atoms with van der Waals surface area (Å²) in [5, 5.41) is 5.28. The van der Waals surface area contributed by atoms with Gasteiger partial charge in [0.2, 0.25) is 5.91 Å². The van der Waals surface area contributed by atoms with Gasteiger partial charge in [-0.2, -0.15) is 0 Å². The minimum absolute atomic E-state index is 0.0171. The molecule has 1 aliphatic heterocycles. The first-order valence-corrected chi connectivity index (χ1v) is 6.54. The highest BCUT2D eigenvalue weighted by Crippen LogP contribution is 2.08. The lowest BCUT2D eigenvalue weighted by Gasteiger charge is -2.15. The average Bonchev–Trinajstić information content (AvgIpc) is 2.93. The maximum absolute atomic E-state index is 11.7. The molecular weight excluding hydrogens is 242 g/mol. The second kappa shape index (κ2) is 6.22. The smallest absolute Gasteiger partial charge is 0.319 e. The molecule has 0 radical (unpaired) electrons. The van der Waals surface area contributed by atoms with Crippen LogP contribution in [0.15, 0.2) is 24.3 Å². The number of anilines is 1. The lowest BCUT2D eigenvalue weighted by molar-refractivity contribution is -0.128. The van der Waals surface area contributed by atoms with Gasteiger partial charge in [-0.15, -0.1) is 0 Å². The number of carbonyl (C=O) groups is 2. The zero-order valence-electron chi connectivity index (χ0n) is 11.1. The van der Waals surface area contributed by atoms with Crippen LogP contribution in [0.1, 0.15) is 18.4 Å². The number of nitrogens with zero attached hydrogens (tertiary/aromatic N) is 1. The van der Waals surface area contributed by atoms with E-state index in [-0.39, 0.29) is 18.5 Å². The molecule has 2 rings (SSSR count). The van der Waals surface area contributed by atoms with Crippen LogP contribution in [0.25, 0.3) is 0 Å². The number of carbonyl (C=O) groups excluding carboxylic acids is 2. The summed E-state index contributed by atoms with van der Waals surface area (Å²) in [5.74, 6) is -0.0171. The molecule has 0 atom stereocenters. The van der Waals surface area contributed by atoms with Crippen molar-refractivity contribution in [2.24, 2.45) is 0 Å². The highest BCUT2D eigenvalue weighted by atomic mass is 16.2. The molecule has 0 aromatic heterocycles. The van der Waals surface area contributed by atoms with Crippen molar-refractivity contribution < 1.29 is 9.59 Å². The number of urea groups is 1. The molecule has 19 heavy (non-hydrogen) atoms. The Balaban J connectivity index is 1.75. The quantitative estimate of drug-likeness (QED) is 0.870. The molecule has 2 N–H and O–H groups in total. The van der Waals surface area contributed by atoms with Gasteiger partial charge in [-0.25, -0.2) is 4.79 Å². The monoisotopic (exact) mass is 261 g/mol. The van der Waals surface area contributed by atoms with Gasteiger partial charge in [0, 0.05) is 18.8 Å². The van der Waals surface area contributed by atoms with Gasteiger partial charge < -0.3 is 15.5 Å². The lowest BCUT2D eigenvalue weighted by atomic mass is 10.2. The van der Waals surface area contributed by atoms with Crippen LogP contribution < -0.4 is 10.6 Å². The molecule has 0 unspecified atom stereocenters. The number of likely N-dealkylation sites (tertiary alicyclic amines) is 1. The lowest BCUT2D eigenvalue weighted by Crippen LogP contribution is -2.40. The van der Waals surface area contributed by atoms with Crippen LogP contribution in [-0.4, -0.2) is 36.5 Å². The van der Waals surface area contributed by atoms with E-state index < -0.39 is 0 Å². The molecule has 0 bridgehead atoms. The van der Waals surface area contributed by atoms with E-state index in [0.717, 1.165) is 37.2 Å². The van der Waals surface area contributed by atoms with E-state index in [1.54, 1.807) is 4.90 Å². The SMILES string of the molecule is Cc1ccc(NC(=O)NCC(=O)N2CCCC2)cc1. The van der Waals surface area contributed by atoms with E-state index in [1.165, 1.54) is 0 Å². The Labute approximate surface area is 113 Å². The van der Waals surface area contributed by atoms with E-state index in [0.29, 0.717) is 0 Å². The maximum Gasteiger partial charge on any atom is 0.319 e. The fourth-order valence-corrected chi connectivity index (χ4v) is 2.05. The van der Waals surface area contributed by atoms with Crippen LogP contribution in [0.3, 0.4) is 0 Å². The minimum atomic E-state index is -0.351. The standard InChI is InChI=1S/C14H19N3O2/c1-11-4-6-12(7-5-11)16-14(19)15-10-13(18)17-8-2-3-9-17/h4-7H,2-3,8-10H2,1H3,(H2,15,16,19). The van der Waals surface area contributed by atoms with E-state index >= 15 is 0 Å². The van der Waals surface area contributed by atoms with Crippen molar-refractivity contribution in [2.75, 3.05) is 25.0 Å². The van der Waals surface area contributed by atoms with Gasteiger partial charge in [-0.3, -0.25) is 4.79 Å². The van der Waals surface area contributed by atoms with Gasteiger partial charge >= 0.3 is 6.03 Å². The summed E-state index contributed by atoms with van der Waals surface area (Å²) in [4.78, 5) is 25.1. The number of amides is 3. The van der Waals surface area contributed by atoms with Gasteiger partial charge in [-0.05, 0) is 31.9 Å². The topological polar surface area (TPSA) is 61.4 Å². The predicted octanol–water partition coefficient (Wildman–Crippen LogP) is 1.74. The van der Waals surface area contributed by atoms with Crippen LogP contribution in [0.4, 0.5) is 10.5 Å². The Morgan fingerprint density at radius 2 is 1.79 bits per heavy atom. The maximum atomic E-state index is 11.7. The highest BCUT2D eigenvalue weighted by Gasteiger charge is 2.17. The summed E-state index contributed by atoms with van der Waals surface area (Å²) < 4.78 is 0.